The van der Waals surface area contributed by atoms with Crippen LogP contribution in [-0.2, 0) is 0 Å². The highest BCUT2D eigenvalue weighted by atomic mass is 19.1. The molecule has 0 radical (unpaired) electrons. The lowest BCUT2D eigenvalue weighted by Gasteiger charge is -2.32. The lowest BCUT2D eigenvalue weighted by atomic mass is 10.0. The van der Waals surface area contributed by atoms with E-state index in [2.05, 4.69) is 21.7 Å². The molecular weight excluding hydrogens is 279 g/mol. The molecule has 1 aromatic rings. The van der Waals surface area contributed by atoms with Gasteiger partial charge in [0.25, 0.3) is 0 Å². The summed E-state index contributed by atoms with van der Waals surface area (Å²) in [7, 11) is 4.01. The van der Waals surface area contributed by atoms with E-state index in [-0.39, 0.29) is 11.9 Å². The summed E-state index contributed by atoms with van der Waals surface area (Å²) in [5.41, 5.74) is 7.21. The number of hydrogen-bond acceptors (Lipinski definition) is 2. The number of hydrogen-bond donors (Lipinski definition) is 1. The maximum absolute atomic E-state index is 13.1. The first kappa shape index (κ1) is 16.7. The van der Waals surface area contributed by atoms with Crippen LogP contribution in [0.25, 0.3) is 0 Å². The van der Waals surface area contributed by atoms with Crippen LogP contribution in [0.1, 0.15) is 31.4 Å². The van der Waals surface area contributed by atoms with Gasteiger partial charge in [-0.3, -0.25) is 4.99 Å². The average Bonchev–Trinajstić information content (AvgIpc) is 2.48. The Bertz CT molecular complexity index is 498. The highest BCUT2D eigenvalue weighted by molar-refractivity contribution is 5.78. The van der Waals surface area contributed by atoms with Gasteiger partial charge in [0, 0.05) is 13.1 Å². The van der Waals surface area contributed by atoms with Gasteiger partial charge in [0.05, 0.1) is 12.6 Å². The molecule has 1 aromatic carbocycles. The number of nitrogens with zero attached hydrogens (tertiary/aromatic N) is 3. The number of benzene rings is 1. The fourth-order valence-electron chi connectivity index (χ4n) is 2.93. The summed E-state index contributed by atoms with van der Waals surface area (Å²) in [6.07, 6.45) is 2.44. The summed E-state index contributed by atoms with van der Waals surface area (Å²) < 4.78 is 13.1. The largest absolute Gasteiger partial charge is 0.370 e. The molecular formula is C17H27FN4. The van der Waals surface area contributed by atoms with Crippen LogP contribution in [0, 0.1) is 11.7 Å². The van der Waals surface area contributed by atoms with Crippen LogP contribution in [0.3, 0.4) is 0 Å². The molecule has 0 spiro atoms. The molecule has 1 aliphatic rings. The normalized spacial score (nSPS) is 21.2. The molecule has 1 saturated heterocycles. The quantitative estimate of drug-likeness (QED) is 0.686. The van der Waals surface area contributed by atoms with E-state index in [9.17, 15) is 4.39 Å². The Kier molecular flexibility index (Phi) is 5.77. The van der Waals surface area contributed by atoms with Gasteiger partial charge in [0.15, 0.2) is 5.96 Å². The van der Waals surface area contributed by atoms with Gasteiger partial charge in [0.2, 0.25) is 0 Å². The van der Waals surface area contributed by atoms with E-state index in [1.54, 1.807) is 0 Å². The maximum atomic E-state index is 13.1. The third-order valence-electron chi connectivity index (χ3n) is 4.29. The van der Waals surface area contributed by atoms with Crippen LogP contribution in [-0.4, -0.2) is 49.5 Å². The van der Waals surface area contributed by atoms with E-state index < -0.39 is 0 Å². The first-order chi connectivity index (χ1) is 10.5. The van der Waals surface area contributed by atoms with Crippen molar-refractivity contribution in [3.05, 3.63) is 35.6 Å². The van der Waals surface area contributed by atoms with Crippen molar-refractivity contribution in [2.24, 2.45) is 16.6 Å². The zero-order valence-electron chi connectivity index (χ0n) is 13.8. The molecule has 2 atom stereocenters. The van der Waals surface area contributed by atoms with Crippen molar-refractivity contribution in [1.82, 2.24) is 9.80 Å². The van der Waals surface area contributed by atoms with E-state index in [0.717, 1.165) is 18.7 Å². The molecule has 2 rings (SSSR count). The molecule has 22 heavy (non-hydrogen) atoms. The number of piperidine rings is 1. The number of halogens is 1. The lowest BCUT2D eigenvalue weighted by Crippen LogP contribution is -2.43. The summed E-state index contributed by atoms with van der Waals surface area (Å²) in [6, 6.07) is 6.71. The Morgan fingerprint density at radius 2 is 2.09 bits per heavy atom. The molecule has 5 heteroatoms. The van der Waals surface area contributed by atoms with E-state index in [1.165, 1.54) is 25.0 Å². The van der Waals surface area contributed by atoms with Gasteiger partial charge in [-0.2, -0.15) is 0 Å². The second-order valence-corrected chi connectivity index (χ2v) is 6.42. The molecule has 122 valence electrons. The van der Waals surface area contributed by atoms with Crippen molar-refractivity contribution < 1.29 is 4.39 Å². The average molecular weight is 306 g/mol. The first-order valence-corrected chi connectivity index (χ1v) is 7.94. The van der Waals surface area contributed by atoms with Crippen molar-refractivity contribution in [3.8, 4) is 0 Å². The predicted molar refractivity (Wildman–Crippen MR) is 89.3 cm³/mol. The molecule has 1 fully saturated rings. The highest BCUT2D eigenvalue weighted by Crippen LogP contribution is 2.20. The first-order valence-electron chi connectivity index (χ1n) is 7.94. The van der Waals surface area contributed by atoms with Crippen molar-refractivity contribution in [2.45, 2.75) is 25.8 Å². The molecule has 0 amide bonds. The maximum Gasteiger partial charge on any atom is 0.191 e. The fourth-order valence-corrected chi connectivity index (χ4v) is 2.93. The molecule has 4 nitrogen and oxygen atoms in total. The molecule has 2 unspecified atom stereocenters. The number of likely N-dealkylation sites (N-methyl/N-ethyl adjacent to an activating group) is 1. The fraction of sp³-hybridized carbons (Fsp3) is 0.588. The second kappa shape index (κ2) is 7.58. The number of rotatable bonds is 4. The van der Waals surface area contributed by atoms with E-state index in [1.807, 2.05) is 26.2 Å². The van der Waals surface area contributed by atoms with Crippen LogP contribution < -0.4 is 5.73 Å². The van der Waals surface area contributed by atoms with Crippen molar-refractivity contribution >= 4 is 5.96 Å². The molecule has 0 aromatic heterocycles. The third kappa shape index (κ3) is 4.44. The van der Waals surface area contributed by atoms with E-state index in [4.69, 9.17) is 5.73 Å². The number of likely N-dealkylation sites (tertiary alicyclic amines) is 1. The van der Waals surface area contributed by atoms with E-state index >= 15 is 0 Å². The smallest absolute Gasteiger partial charge is 0.191 e. The van der Waals surface area contributed by atoms with Gasteiger partial charge in [-0.25, -0.2) is 4.39 Å². The zero-order chi connectivity index (χ0) is 16.1. The van der Waals surface area contributed by atoms with Gasteiger partial charge >= 0.3 is 0 Å². The van der Waals surface area contributed by atoms with Crippen LogP contribution in [0.2, 0.25) is 0 Å². The van der Waals surface area contributed by atoms with Gasteiger partial charge < -0.3 is 15.5 Å². The minimum absolute atomic E-state index is 0.0985. The van der Waals surface area contributed by atoms with Crippen LogP contribution >= 0.6 is 0 Å². The second-order valence-electron chi connectivity index (χ2n) is 6.42. The predicted octanol–water partition coefficient (Wildman–Crippen LogP) is 2.48. The molecule has 1 aliphatic heterocycles. The molecule has 1 heterocycles. The Labute approximate surface area is 132 Å². The van der Waals surface area contributed by atoms with Crippen LogP contribution in [0.15, 0.2) is 29.3 Å². The number of aliphatic imine (C=N–C) groups is 1. The molecule has 0 aliphatic carbocycles. The molecule has 2 N–H and O–H groups in total. The minimum atomic E-state index is -0.216. The minimum Gasteiger partial charge on any atom is -0.370 e. The van der Waals surface area contributed by atoms with E-state index in [0.29, 0.717) is 18.4 Å². The topological polar surface area (TPSA) is 44.9 Å². The Hall–Kier alpha value is -1.62. The standard InChI is InChI=1S/C17H27FN4/c1-13-5-4-10-22(12-13)17(19)20-11-16(21(2)3)14-6-8-15(18)9-7-14/h6-9,13,16H,4-5,10-12H2,1-3H3,(H2,19,20). The Morgan fingerprint density at radius 1 is 1.41 bits per heavy atom. The Balaban J connectivity index is 2.04. The Morgan fingerprint density at radius 3 is 2.68 bits per heavy atom. The summed E-state index contributed by atoms with van der Waals surface area (Å²) in [5, 5.41) is 0. The number of guanidine groups is 1. The summed E-state index contributed by atoms with van der Waals surface area (Å²) >= 11 is 0. The summed E-state index contributed by atoms with van der Waals surface area (Å²) in [4.78, 5) is 8.85. The van der Waals surface area contributed by atoms with Gasteiger partial charge in [-0.05, 0) is 50.6 Å². The number of nitrogens with two attached hydrogens (primary N) is 1. The SMILES string of the molecule is CC1CCCN(C(N)=NCC(c2ccc(F)cc2)N(C)C)C1. The lowest BCUT2D eigenvalue weighted by molar-refractivity contribution is 0.267. The monoisotopic (exact) mass is 306 g/mol. The molecule has 0 saturated carbocycles. The summed E-state index contributed by atoms with van der Waals surface area (Å²) in [6.45, 7) is 4.80. The molecule has 0 bridgehead atoms. The van der Waals surface area contributed by atoms with Gasteiger partial charge in [-0.1, -0.05) is 19.1 Å². The van der Waals surface area contributed by atoms with Crippen molar-refractivity contribution in [3.63, 3.8) is 0 Å². The van der Waals surface area contributed by atoms with Crippen LogP contribution in [0.4, 0.5) is 4.39 Å². The van der Waals surface area contributed by atoms with Crippen LogP contribution in [0.5, 0.6) is 0 Å². The highest BCUT2D eigenvalue weighted by Gasteiger charge is 2.19. The van der Waals surface area contributed by atoms with Crippen molar-refractivity contribution in [1.29, 1.82) is 0 Å². The third-order valence-corrected chi connectivity index (χ3v) is 4.29. The zero-order valence-corrected chi connectivity index (χ0v) is 13.8. The summed E-state index contributed by atoms with van der Waals surface area (Å²) in [5.74, 6) is 1.08. The van der Waals surface area contributed by atoms with Gasteiger partial charge in [0.1, 0.15) is 5.82 Å². The van der Waals surface area contributed by atoms with Crippen molar-refractivity contribution in [2.75, 3.05) is 33.7 Å². The van der Waals surface area contributed by atoms with Gasteiger partial charge in [-0.15, -0.1) is 0 Å².